The Morgan fingerprint density at radius 3 is 2.69 bits per heavy atom. The molecule has 1 unspecified atom stereocenters. The number of hydrogen-bond donors (Lipinski definition) is 1. The highest BCUT2D eigenvalue weighted by molar-refractivity contribution is 6.35. The summed E-state index contributed by atoms with van der Waals surface area (Å²) in [5.74, 6) is 0.0702. The maximum absolute atomic E-state index is 12.6. The van der Waals surface area contributed by atoms with Gasteiger partial charge in [-0.3, -0.25) is 9.69 Å². The molecule has 0 radical (unpaired) electrons. The molecule has 1 N–H and O–H groups in total. The highest BCUT2D eigenvalue weighted by atomic mass is 35.5. The van der Waals surface area contributed by atoms with Gasteiger partial charge in [0.05, 0.1) is 5.92 Å². The highest BCUT2D eigenvalue weighted by Gasteiger charge is 2.25. The normalized spacial score (nSPS) is 17.9. The summed E-state index contributed by atoms with van der Waals surface area (Å²) in [6.45, 7) is 2.99. The minimum atomic E-state index is -0.00555. The molecule has 1 heterocycles. The second-order valence-electron chi connectivity index (χ2n) is 6.66. The van der Waals surface area contributed by atoms with Crippen LogP contribution >= 0.6 is 34.8 Å². The smallest absolute Gasteiger partial charge is 0.224 e. The van der Waals surface area contributed by atoms with E-state index in [-0.39, 0.29) is 11.8 Å². The third-order valence-electron chi connectivity index (χ3n) is 4.64. The Hall–Kier alpha value is -1.26. The van der Waals surface area contributed by atoms with Crippen molar-refractivity contribution in [3.8, 4) is 0 Å². The first-order valence-electron chi connectivity index (χ1n) is 8.69. The Labute approximate surface area is 169 Å². The quantitative estimate of drug-likeness (QED) is 0.735. The number of hydrogen-bond acceptors (Lipinski definition) is 2. The second-order valence-corrected chi connectivity index (χ2v) is 7.94. The molecule has 3 nitrogen and oxygen atoms in total. The molecule has 1 fully saturated rings. The van der Waals surface area contributed by atoms with E-state index in [1.165, 1.54) is 5.56 Å². The Bertz CT molecular complexity index is 781. The van der Waals surface area contributed by atoms with E-state index in [0.717, 1.165) is 43.1 Å². The van der Waals surface area contributed by atoms with Crippen molar-refractivity contribution in [3.63, 3.8) is 0 Å². The van der Waals surface area contributed by atoms with Crippen LogP contribution in [0.15, 0.2) is 42.5 Å². The number of halogens is 3. The summed E-state index contributed by atoms with van der Waals surface area (Å²) >= 11 is 18.1. The van der Waals surface area contributed by atoms with E-state index in [1.807, 2.05) is 24.3 Å². The Morgan fingerprint density at radius 1 is 1.12 bits per heavy atom. The zero-order valence-corrected chi connectivity index (χ0v) is 16.6. The first-order valence-corrected chi connectivity index (χ1v) is 9.83. The Kier molecular flexibility index (Phi) is 6.82. The van der Waals surface area contributed by atoms with E-state index in [4.69, 9.17) is 34.8 Å². The van der Waals surface area contributed by atoms with Crippen molar-refractivity contribution in [1.82, 2.24) is 10.2 Å². The lowest BCUT2D eigenvalue weighted by atomic mass is 9.96. The second kappa shape index (κ2) is 9.09. The average Bonchev–Trinajstić information content (AvgIpc) is 2.61. The number of likely N-dealkylation sites (tertiary alicyclic amines) is 1. The van der Waals surface area contributed by atoms with Gasteiger partial charge < -0.3 is 5.32 Å². The van der Waals surface area contributed by atoms with Crippen LogP contribution in [0.25, 0.3) is 0 Å². The van der Waals surface area contributed by atoms with Gasteiger partial charge in [0.1, 0.15) is 0 Å². The molecule has 1 saturated heterocycles. The third kappa shape index (κ3) is 5.37. The molecule has 1 amide bonds. The topological polar surface area (TPSA) is 32.3 Å². The zero-order chi connectivity index (χ0) is 18.5. The molecule has 3 rings (SSSR count). The summed E-state index contributed by atoms with van der Waals surface area (Å²) in [4.78, 5) is 14.9. The third-order valence-corrected chi connectivity index (χ3v) is 5.46. The van der Waals surface area contributed by atoms with Gasteiger partial charge in [-0.05, 0) is 54.8 Å². The molecule has 1 aliphatic heterocycles. The van der Waals surface area contributed by atoms with Crippen molar-refractivity contribution < 1.29 is 4.79 Å². The maximum Gasteiger partial charge on any atom is 0.224 e. The van der Waals surface area contributed by atoms with E-state index >= 15 is 0 Å². The molecule has 2 aromatic rings. The Morgan fingerprint density at radius 2 is 1.92 bits per heavy atom. The first-order chi connectivity index (χ1) is 12.5. The number of carbonyl (C=O) groups is 1. The van der Waals surface area contributed by atoms with Crippen LogP contribution in [0.3, 0.4) is 0 Å². The molecule has 6 heteroatoms. The lowest BCUT2D eigenvalue weighted by Crippen LogP contribution is -2.42. The monoisotopic (exact) mass is 410 g/mol. The lowest BCUT2D eigenvalue weighted by Gasteiger charge is -2.32. The van der Waals surface area contributed by atoms with Gasteiger partial charge in [0.25, 0.3) is 0 Å². The molecule has 1 aliphatic rings. The van der Waals surface area contributed by atoms with Crippen LogP contribution in [-0.2, 0) is 17.9 Å². The fourth-order valence-electron chi connectivity index (χ4n) is 3.30. The van der Waals surface area contributed by atoms with Gasteiger partial charge in [-0.25, -0.2) is 0 Å². The number of piperidine rings is 1. The van der Waals surface area contributed by atoms with E-state index in [2.05, 4.69) is 16.3 Å². The van der Waals surface area contributed by atoms with Crippen LogP contribution in [-0.4, -0.2) is 23.9 Å². The fourth-order valence-corrected chi connectivity index (χ4v) is 3.99. The summed E-state index contributed by atoms with van der Waals surface area (Å²) in [5, 5.41) is 4.92. The van der Waals surface area contributed by atoms with Crippen molar-refractivity contribution in [2.24, 2.45) is 5.92 Å². The van der Waals surface area contributed by atoms with Crippen LogP contribution in [0.4, 0.5) is 0 Å². The van der Waals surface area contributed by atoms with Crippen molar-refractivity contribution in [2.75, 3.05) is 13.1 Å². The maximum atomic E-state index is 12.6. The van der Waals surface area contributed by atoms with Crippen molar-refractivity contribution >= 4 is 40.7 Å². The first kappa shape index (κ1) is 19.5. The molecular formula is C20H21Cl3N2O. The molecule has 2 aromatic carbocycles. The molecule has 0 bridgehead atoms. The molecule has 138 valence electrons. The van der Waals surface area contributed by atoms with E-state index in [9.17, 15) is 4.79 Å². The van der Waals surface area contributed by atoms with Gasteiger partial charge in [-0.15, -0.1) is 0 Å². The number of nitrogens with one attached hydrogen (secondary N) is 1. The zero-order valence-electron chi connectivity index (χ0n) is 14.4. The Balaban J connectivity index is 1.54. The van der Waals surface area contributed by atoms with Crippen LogP contribution in [0.5, 0.6) is 0 Å². The van der Waals surface area contributed by atoms with Gasteiger partial charge in [0.15, 0.2) is 0 Å². The minimum Gasteiger partial charge on any atom is -0.352 e. The van der Waals surface area contributed by atoms with Crippen LogP contribution in [0.2, 0.25) is 15.1 Å². The van der Waals surface area contributed by atoms with Crippen molar-refractivity contribution in [2.45, 2.75) is 25.9 Å². The molecule has 0 saturated carbocycles. The van der Waals surface area contributed by atoms with E-state index < -0.39 is 0 Å². The summed E-state index contributed by atoms with van der Waals surface area (Å²) in [6, 6.07) is 13.2. The summed E-state index contributed by atoms with van der Waals surface area (Å²) in [6.07, 6.45) is 1.92. The number of rotatable bonds is 5. The summed E-state index contributed by atoms with van der Waals surface area (Å²) in [5.41, 5.74) is 2.04. The number of nitrogens with zero attached hydrogens (tertiary/aromatic N) is 1. The molecule has 0 spiro atoms. The van der Waals surface area contributed by atoms with Crippen LogP contribution in [0, 0.1) is 5.92 Å². The van der Waals surface area contributed by atoms with Crippen LogP contribution in [0.1, 0.15) is 24.0 Å². The summed E-state index contributed by atoms with van der Waals surface area (Å²) in [7, 11) is 0. The molecule has 0 aromatic heterocycles. The lowest BCUT2D eigenvalue weighted by molar-refractivity contribution is -0.126. The molecule has 1 atom stereocenters. The van der Waals surface area contributed by atoms with Gasteiger partial charge >= 0.3 is 0 Å². The largest absolute Gasteiger partial charge is 0.352 e. The fraction of sp³-hybridized carbons (Fsp3) is 0.350. The number of amides is 1. The van der Waals surface area contributed by atoms with E-state index in [1.54, 1.807) is 12.1 Å². The predicted octanol–water partition coefficient (Wildman–Crippen LogP) is 5.18. The average molecular weight is 412 g/mol. The molecule has 0 aliphatic carbocycles. The predicted molar refractivity (Wildman–Crippen MR) is 108 cm³/mol. The van der Waals surface area contributed by atoms with Gasteiger partial charge in [-0.2, -0.15) is 0 Å². The molecule has 26 heavy (non-hydrogen) atoms. The SMILES string of the molecule is O=C(NCc1ccc(Cl)cc1Cl)C1CCCN(Cc2cccc(Cl)c2)C1. The highest BCUT2D eigenvalue weighted by Crippen LogP contribution is 2.22. The number of benzene rings is 2. The van der Waals surface area contributed by atoms with Crippen molar-refractivity contribution in [3.05, 3.63) is 68.7 Å². The minimum absolute atomic E-state index is 0.00555. The van der Waals surface area contributed by atoms with Gasteiger partial charge in [-0.1, -0.05) is 53.0 Å². The van der Waals surface area contributed by atoms with Gasteiger partial charge in [0, 0.05) is 34.7 Å². The summed E-state index contributed by atoms with van der Waals surface area (Å²) < 4.78 is 0. The van der Waals surface area contributed by atoms with E-state index in [0.29, 0.717) is 16.6 Å². The standard InChI is InChI=1S/C20H21Cl3N2O/c21-17-5-1-3-14(9-17)12-25-8-2-4-16(13-25)20(26)24-11-15-6-7-18(22)10-19(15)23/h1,3,5-7,9-10,16H,2,4,8,11-13H2,(H,24,26). The van der Waals surface area contributed by atoms with Crippen LogP contribution < -0.4 is 5.32 Å². The van der Waals surface area contributed by atoms with Crippen molar-refractivity contribution in [1.29, 1.82) is 0 Å². The number of carbonyl (C=O) groups excluding carboxylic acids is 1. The molecular weight excluding hydrogens is 391 g/mol. The van der Waals surface area contributed by atoms with Gasteiger partial charge in [0.2, 0.25) is 5.91 Å².